The molecule has 0 fully saturated rings. The molecule has 1 atom stereocenters. The number of rotatable bonds is 4. The van der Waals surface area contributed by atoms with E-state index in [1.165, 1.54) is 10.9 Å². The van der Waals surface area contributed by atoms with E-state index in [1.54, 1.807) is 6.92 Å². The van der Waals surface area contributed by atoms with E-state index in [1.807, 2.05) is 20.8 Å². The molecule has 0 bridgehead atoms. The topological polar surface area (TPSA) is 77.1 Å². The molecule has 0 saturated heterocycles. The van der Waals surface area contributed by atoms with E-state index in [9.17, 15) is 9.59 Å². The Balaban J connectivity index is 2.32. The number of amides is 1. The average Bonchev–Trinajstić information content (AvgIpc) is 2.69. The second kappa shape index (κ2) is 5.48. The van der Waals surface area contributed by atoms with Gasteiger partial charge in [0.1, 0.15) is 24.0 Å². The first-order valence-electron chi connectivity index (χ1n) is 6.68. The molecule has 0 aliphatic heterocycles. The molecule has 108 valence electrons. The Kier molecular flexibility index (Phi) is 3.92. The maximum Gasteiger partial charge on any atom is 0.265 e. The molecule has 2 heterocycles. The first-order chi connectivity index (χ1) is 9.43. The van der Waals surface area contributed by atoms with Crippen LogP contribution in [-0.4, -0.2) is 21.5 Å². The van der Waals surface area contributed by atoms with Crippen LogP contribution in [0.3, 0.4) is 0 Å². The molecule has 0 spiro atoms. The minimum atomic E-state index is -0.247. The summed E-state index contributed by atoms with van der Waals surface area (Å²) in [7, 11) is 0. The summed E-state index contributed by atoms with van der Waals surface area (Å²) in [5.74, 6) is 0.479. The molecule has 1 N–H and O–H groups in total. The summed E-state index contributed by atoms with van der Waals surface area (Å²) in [6, 6.07) is 0.0906. The summed E-state index contributed by atoms with van der Waals surface area (Å²) in [5.41, 5.74) is 0.849. The van der Waals surface area contributed by atoms with E-state index in [-0.39, 0.29) is 24.1 Å². The normalized spacial score (nSPS) is 12.6. The number of nitrogens with zero attached hydrogens (tertiary/aromatic N) is 2. The highest BCUT2D eigenvalue weighted by Gasteiger charge is 2.15. The van der Waals surface area contributed by atoms with Crippen LogP contribution in [-0.2, 0) is 11.3 Å². The number of nitrogens with one attached hydrogen (secondary N) is 1. The number of carbonyl (C=O) groups excluding carboxylic acids is 1. The van der Waals surface area contributed by atoms with Crippen molar-refractivity contribution in [2.24, 2.45) is 0 Å². The van der Waals surface area contributed by atoms with Crippen LogP contribution in [0.15, 0.2) is 15.5 Å². The zero-order chi connectivity index (χ0) is 14.9. The Morgan fingerprint density at radius 2 is 2.20 bits per heavy atom. The Morgan fingerprint density at radius 3 is 2.85 bits per heavy atom. The zero-order valence-electron chi connectivity index (χ0n) is 12.2. The maximum atomic E-state index is 12.3. The third-order valence-corrected chi connectivity index (χ3v) is 3.49. The van der Waals surface area contributed by atoms with Gasteiger partial charge >= 0.3 is 0 Å². The van der Waals surface area contributed by atoms with Crippen molar-refractivity contribution < 1.29 is 9.21 Å². The monoisotopic (exact) mass is 277 g/mol. The molecule has 2 aromatic rings. The van der Waals surface area contributed by atoms with Crippen LogP contribution in [0.1, 0.15) is 31.6 Å². The Hall–Kier alpha value is -2.11. The van der Waals surface area contributed by atoms with Crippen LogP contribution in [0.4, 0.5) is 0 Å². The second-order valence-corrected chi connectivity index (χ2v) is 5.02. The van der Waals surface area contributed by atoms with E-state index in [4.69, 9.17) is 4.42 Å². The summed E-state index contributed by atoms with van der Waals surface area (Å²) in [6.07, 6.45) is 2.20. The minimum Gasteiger partial charge on any atom is -0.443 e. The van der Waals surface area contributed by atoms with Gasteiger partial charge in [-0.2, -0.15) is 0 Å². The van der Waals surface area contributed by atoms with Gasteiger partial charge < -0.3 is 9.73 Å². The van der Waals surface area contributed by atoms with Gasteiger partial charge in [-0.1, -0.05) is 6.92 Å². The second-order valence-electron chi connectivity index (χ2n) is 5.02. The standard InChI is InChI=1S/C14H19N3O3/c1-5-8(2)16-11(18)6-17-7-15-13-12(14(17)19)9(3)10(4)20-13/h7-8H,5-6H2,1-4H3,(H,16,18)/t8-/m0/s1. The molecule has 2 rings (SSSR count). The molecule has 0 radical (unpaired) electrons. The molecule has 0 aliphatic rings. The fourth-order valence-electron chi connectivity index (χ4n) is 1.96. The quantitative estimate of drug-likeness (QED) is 0.919. The van der Waals surface area contributed by atoms with Crippen LogP contribution in [0.5, 0.6) is 0 Å². The summed E-state index contributed by atoms with van der Waals surface area (Å²) in [5, 5.41) is 3.27. The first-order valence-corrected chi connectivity index (χ1v) is 6.68. The van der Waals surface area contributed by atoms with Crippen LogP contribution < -0.4 is 10.9 Å². The fourth-order valence-corrected chi connectivity index (χ4v) is 1.96. The summed E-state index contributed by atoms with van der Waals surface area (Å²) in [4.78, 5) is 28.3. The lowest BCUT2D eigenvalue weighted by atomic mass is 10.2. The van der Waals surface area contributed by atoms with Crippen LogP contribution in [0.25, 0.3) is 11.1 Å². The highest BCUT2D eigenvalue weighted by Crippen LogP contribution is 2.18. The van der Waals surface area contributed by atoms with E-state index in [0.717, 1.165) is 12.0 Å². The van der Waals surface area contributed by atoms with Crippen LogP contribution in [0.2, 0.25) is 0 Å². The molecule has 2 aromatic heterocycles. The highest BCUT2D eigenvalue weighted by atomic mass is 16.3. The molecular weight excluding hydrogens is 258 g/mol. The van der Waals surface area contributed by atoms with Gasteiger partial charge in [0.15, 0.2) is 0 Å². The summed E-state index contributed by atoms with van der Waals surface area (Å²) in [6.45, 7) is 7.48. The van der Waals surface area contributed by atoms with Crippen molar-refractivity contribution in [3.8, 4) is 0 Å². The van der Waals surface area contributed by atoms with Gasteiger partial charge in [0, 0.05) is 11.6 Å². The average molecular weight is 277 g/mol. The predicted octanol–water partition coefficient (Wildman–Crippen LogP) is 1.52. The number of aryl methyl sites for hydroxylation is 2. The lowest BCUT2D eigenvalue weighted by Gasteiger charge is -2.11. The molecular formula is C14H19N3O3. The minimum absolute atomic E-state index is 0.0320. The van der Waals surface area contributed by atoms with E-state index < -0.39 is 0 Å². The van der Waals surface area contributed by atoms with Gasteiger partial charge in [0.05, 0.1) is 0 Å². The number of carbonyl (C=O) groups is 1. The maximum absolute atomic E-state index is 12.3. The Bertz CT molecular complexity index is 699. The Labute approximate surface area is 116 Å². The lowest BCUT2D eigenvalue weighted by Crippen LogP contribution is -2.37. The lowest BCUT2D eigenvalue weighted by molar-refractivity contribution is -0.122. The fraction of sp³-hybridized carbons (Fsp3) is 0.500. The van der Waals surface area contributed by atoms with Crippen molar-refractivity contribution in [3.63, 3.8) is 0 Å². The van der Waals surface area contributed by atoms with Crippen molar-refractivity contribution in [3.05, 3.63) is 28.0 Å². The van der Waals surface area contributed by atoms with Crippen molar-refractivity contribution >= 4 is 17.0 Å². The van der Waals surface area contributed by atoms with Crippen molar-refractivity contribution in [2.45, 2.75) is 46.7 Å². The molecule has 0 saturated carbocycles. The van der Waals surface area contributed by atoms with Gasteiger partial charge in [0.2, 0.25) is 11.6 Å². The summed E-state index contributed by atoms with van der Waals surface area (Å²) >= 11 is 0. The number of furan rings is 1. The SMILES string of the molecule is CC[C@H](C)NC(=O)Cn1cnc2oc(C)c(C)c2c1=O. The van der Waals surface area contributed by atoms with E-state index in [0.29, 0.717) is 16.9 Å². The predicted molar refractivity (Wildman–Crippen MR) is 75.6 cm³/mol. The molecule has 6 heteroatoms. The summed E-state index contributed by atoms with van der Waals surface area (Å²) < 4.78 is 6.70. The Morgan fingerprint density at radius 1 is 1.50 bits per heavy atom. The van der Waals surface area contributed by atoms with Gasteiger partial charge in [-0.05, 0) is 27.2 Å². The highest BCUT2D eigenvalue weighted by molar-refractivity contribution is 5.79. The van der Waals surface area contributed by atoms with E-state index >= 15 is 0 Å². The van der Waals surface area contributed by atoms with Crippen molar-refractivity contribution in [1.29, 1.82) is 0 Å². The molecule has 0 aromatic carbocycles. The number of hydrogen-bond acceptors (Lipinski definition) is 4. The number of aromatic nitrogens is 2. The van der Waals surface area contributed by atoms with Gasteiger partial charge in [-0.3, -0.25) is 14.2 Å². The smallest absolute Gasteiger partial charge is 0.265 e. The molecule has 0 unspecified atom stereocenters. The number of hydrogen-bond donors (Lipinski definition) is 1. The van der Waals surface area contributed by atoms with Gasteiger partial charge in [-0.15, -0.1) is 0 Å². The zero-order valence-corrected chi connectivity index (χ0v) is 12.2. The van der Waals surface area contributed by atoms with Crippen molar-refractivity contribution in [1.82, 2.24) is 14.9 Å². The molecule has 20 heavy (non-hydrogen) atoms. The number of fused-ring (bicyclic) bond motifs is 1. The molecule has 0 aliphatic carbocycles. The van der Waals surface area contributed by atoms with E-state index in [2.05, 4.69) is 10.3 Å². The van der Waals surface area contributed by atoms with Gasteiger partial charge in [0.25, 0.3) is 5.56 Å². The van der Waals surface area contributed by atoms with Crippen LogP contribution in [0, 0.1) is 13.8 Å². The molecule has 1 amide bonds. The third kappa shape index (κ3) is 2.59. The first kappa shape index (κ1) is 14.3. The molecule has 6 nitrogen and oxygen atoms in total. The van der Waals surface area contributed by atoms with Crippen LogP contribution >= 0.6 is 0 Å². The van der Waals surface area contributed by atoms with Crippen molar-refractivity contribution in [2.75, 3.05) is 0 Å². The largest absolute Gasteiger partial charge is 0.443 e. The third-order valence-electron chi connectivity index (χ3n) is 3.49. The van der Waals surface area contributed by atoms with Gasteiger partial charge in [-0.25, -0.2) is 4.98 Å².